The van der Waals surface area contributed by atoms with Crippen LogP contribution in [0.15, 0.2) is 18.3 Å². The van der Waals surface area contributed by atoms with E-state index in [1.165, 1.54) is 44.9 Å². The van der Waals surface area contributed by atoms with E-state index in [-0.39, 0.29) is 36.8 Å². The summed E-state index contributed by atoms with van der Waals surface area (Å²) in [5.41, 5.74) is 6.55. The number of nitrogens with two attached hydrogens (primary N) is 1. The van der Waals surface area contributed by atoms with Gasteiger partial charge in [-0.05, 0) is 49.7 Å². The van der Waals surface area contributed by atoms with Gasteiger partial charge in [0.1, 0.15) is 5.82 Å². The van der Waals surface area contributed by atoms with Gasteiger partial charge in [-0.1, -0.05) is 26.2 Å². The minimum Gasteiger partial charge on any atom is -0.357 e. The van der Waals surface area contributed by atoms with Gasteiger partial charge in [-0.2, -0.15) is 0 Å². The molecule has 1 aliphatic carbocycles. The largest absolute Gasteiger partial charge is 0.357 e. The molecule has 0 radical (unpaired) electrons. The lowest BCUT2D eigenvalue weighted by Crippen LogP contribution is -2.46. The molecule has 1 atom stereocenters. The molecule has 0 bridgehead atoms. The van der Waals surface area contributed by atoms with Crippen LogP contribution in [-0.2, 0) is 0 Å². The van der Waals surface area contributed by atoms with Crippen LogP contribution in [0.4, 0.5) is 5.82 Å². The summed E-state index contributed by atoms with van der Waals surface area (Å²) in [6.07, 6.45) is 10.3. The van der Waals surface area contributed by atoms with Crippen molar-refractivity contribution in [2.75, 3.05) is 24.5 Å². The maximum atomic E-state index is 12.6. The normalized spacial score (nSPS) is 19.6. The lowest BCUT2D eigenvalue weighted by Gasteiger charge is -2.31. The summed E-state index contributed by atoms with van der Waals surface area (Å²) < 4.78 is 0. The highest BCUT2D eigenvalue weighted by Crippen LogP contribution is 2.26. The Morgan fingerprint density at radius 1 is 1.19 bits per heavy atom. The van der Waals surface area contributed by atoms with Crippen LogP contribution < -0.4 is 16.0 Å². The van der Waals surface area contributed by atoms with Crippen molar-refractivity contribution in [3.05, 3.63) is 23.9 Å². The van der Waals surface area contributed by atoms with Gasteiger partial charge in [0, 0.05) is 31.9 Å². The third kappa shape index (κ3) is 6.51. The van der Waals surface area contributed by atoms with E-state index >= 15 is 0 Å². The van der Waals surface area contributed by atoms with Gasteiger partial charge in [0.05, 0.1) is 5.56 Å². The fourth-order valence-corrected chi connectivity index (χ4v) is 4.10. The maximum Gasteiger partial charge on any atom is 0.253 e. The minimum absolute atomic E-state index is 0. The molecule has 27 heavy (non-hydrogen) atoms. The van der Waals surface area contributed by atoms with Crippen LogP contribution in [0.25, 0.3) is 0 Å². The Morgan fingerprint density at radius 3 is 2.41 bits per heavy atom. The molecular weight excluding hydrogens is 383 g/mol. The number of pyridine rings is 1. The smallest absolute Gasteiger partial charge is 0.253 e. The average molecular weight is 417 g/mol. The molecule has 1 aromatic rings. The SMILES string of the molecule is CC1CCN(c2ccc(C(=O)NC(CN)C3CCCCC3)cn2)CC1.Cl.Cl. The molecule has 0 aromatic carbocycles. The highest BCUT2D eigenvalue weighted by Gasteiger charge is 2.24. The summed E-state index contributed by atoms with van der Waals surface area (Å²) >= 11 is 0. The van der Waals surface area contributed by atoms with E-state index in [1.54, 1.807) is 6.20 Å². The number of piperidine rings is 1. The summed E-state index contributed by atoms with van der Waals surface area (Å²) in [7, 11) is 0. The summed E-state index contributed by atoms with van der Waals surface area (Å²) in [4.78, 5) is 19.4. The van der Waals surface area contributed by atoms with Crippen LogP contribution in [-0.4, -0.2) is 36.6 Å². The quantitative estimate of drug-likeness (QED) is 0.765. The molecule has 5 nitrogen and oxygen atoms in total. The van der Waals surface area contributed by atoms with E-state index in [1.807, 2.05) is 12.1 Å². The summed E-state index contributed by atoms with van der Waals surface area (Å²) in [6, 6.07) is 3.95. The second-order valence-electron chi connectivity index (χ2n) is 7.79. The molecule has 1 unspecified atom stereocenters. The molecule has 2 heterocycles. The van der Waals surface area contributed by atoms with Crippen LogP contribution >= 0.6 is 24.8 Å². The monoisotopic (exact) mass is 416 g/mol. The summed E-state index contributed by atoms with van der Waals surface area (Å²) in [6.45, 7) is 4.92. The van der Waals surface area contributed by atoms with Gasteiger partial charge in [0.25, 0.3) is 5.91 Å². The second-order valence-corrected chi connectivity index (χ2v) is 7.79. The second kappa shape index (κ2) is 11.7. The number of anilines is 1. The Kier molecular flexibility index (Phi) is 10.4. The Morgan fingerprint density at radius 2 is 1.85 bits per heavy atom. The van der Waals surface area contributed by atoms with Gasteiger partial charge in [0.2, 0.25) is 0 Å². The highest BCUT2D eigenvalue weighted by molar-refractivity contribution is 5.94. The Hall–Kier alpha value is -1.04. The standard InChI is InChI=1S/C20H32N4O.2ClH/c1-15-9-11-24(12-10-15)19-8-7-17(14-22-19)20(25)23-18(13-21)16-5-3-2-4-6-16;;/h7-8,14-16,18H,2-6,9-13,21H2,1H3,(H,23,25);2*1H. The summed E-state index contributed by atoms with van der Waals surface area (Å²) in [5, 5.41) is 3.14. The van der Waals surface area contributed by atoms with Gasteiger partial charge in [-0.15, -0.1) is 24.8 Å². The van der Waals surface area contributed by atoms with Crippen molar-refractivity contribution >= 4 is 36.5 Å². The van der Waals surface area contributed by atoms with Crippen molar-refractivity contribution in [1.82, 2.24) is 10.3 Å². The number of nitrogens with zero attached hydrogens (tertiary/aromatic N) is 2. The molecule has 3 N–H and O–H groups in total. The zero-order chi connectivity index (χ0) is 17.6. The van der Waals surface area contributed by atoms with Crippen LogP contribution in [0.3, 0.4) is 0 Å². The van der Waals surface area contributed by atoms with E-state index in [0.717, 1.165) is 24.8 Å². The molecular formula is C20H34Cl2N4O. The maximum absolute atomic E-state index is 12.6. The molecule has 2 aliphatic rings. The minimum atomic E-state index is -0.0488. The molecule has 1 saturated carbocycles. The first-order valence-corrected chi connectivity index (χ1v) is 9.89. The lowest BCUT2D eigenvalue weighted by atomic mass is 9.84. The fourth-order valence-electron chi connectivity index (χ4n) is 4.10. The molecule has 3 rings (SSSR count). The first kappa shape index (κ1) is 24.0. The Bertz CT molecular complexity index is 556. The zero-order valence-electron chi connectivity index (χ0n) is 16.2. The number of aromatic nitrogens is 1. The number of rotatable bonds is 5. The van der Waals surface area contributed by atoms with Gasteiger partial charge in [-0.25, -0.2) is 4.98 Å². The molecule has 1 saturated heterocycles. The average Bonchev–Trinajstić information content (AvgIpc) is 2.67. The van der Waals surface area contributed by atoms with Crippen molar-refractivity contribution in [3.8, 4) is 0 Å². The zero-order valence-corrected chi connectivity index (χ0v) is 17.9. The molecule has 0 spiro atoms. The van der Waals surface area contributed by atoms with E-state index in [2.05, 4.69) is 22.1 Å². The van der Waals surface area contributed by atoms with Crippen molar-refractivity contribution in [2.24, 2.45) is 17.6 Å². The van der Waals surface area contributed by atoms with Crippen molar-refractivity contribution in [2.45, 2.75) is 57.9 Å². The van der Waals surface area contributed by atoms with E-state index in [0.29, 0.717) is 18.0 Å². The van der Waals surface area contributed by atoms with Gasteiger partial charge in [-0.3, -0.25) is 4.79 Å². The topological polar surface area (TPSA) is 71.2 Å². The molecule has 154 valence electrons. The fraction of sp³-hybridized carbons (Fsp3) is 0.700. The van der Waals surface area contributed by atoms with Crippen molar-refractivity contribution < 1.29 is 4.79 Å². The predicted octanol–water partition coefficient (Wildman–Crippen LogP) is 3.80. The number of hydrogen-bond acceptors (Lipinski definition) is 4. The number of carbonyl (C=O) groups is 1. The number of amides is 1. The lowest BCUT2D eigenvalue weighted by molar-refractivity contribution is 0.0915. The molecule has 2 fully saturated rings. The summed E-state index contributed by atoms with van der Waals surface area (Å²) in [5.74, 6) is 2.25. The molecule has 1 amide bonds. The third-order valence-electron chi connectivity index (χ3n) is 5.91. The van der Waals surface area contributed by atoms with E-state index < -0.39 is 0 Å². The first-order chi connectivity index (χ1) is 12.2. The first-order valence-electron chi connectivity index (χ1n) is 9.89. The van der Waals surface area contributed by atoms with Crippen molar-refractivity contribution in [3.63, 3.8) is 0 Å². The number of halogens is 2. The van der Waals surface area contributed by atoms with Crippen molar-refractivity contribution in [1.29, 1.82) is 0 Å². The van der Waals surface area contributed by atoms with Crippen LogP contribution in [0, 0.1) is 11.8 Å². The van der Waals surface area contributed by atoms with Gasteiger partial charge >= 0.3 is 0 Å². The third-order valence-corrected chi connectivity index (χ3v) is 5.91. The van der Waals surface area contributed by atoms with Gasteiger partial charge < -0.3 is 16.0 Å². The molecule has 1 aliphatic heterocycles. The predicted molar refractivity (Wildman–Crippen MR) is 116 cm³/mol. The molecule has 1 aromatic heterocycles. The number of carbonyl (C=O) groups excluding carboxylic acids is 1. The molecule has 7 heteroatoms. The van der Waals surface area contributed by atoms with Crippen LogP contribution in [0.5, 0.6) is 0 Å². The Labute approximate surface area is 175 Å². The van der Waals surface area contributed by atoms with E-state index in [9.17, 15) is 4.79 Å². The van der Waals surface area contributed by atoms with Crippen LogP contribution in [0.1, 0.15) is 62.2 Å². The van der Waals surface area contributed by atoms with E-state index in [4.69, 9.17) is 5.73 Å². The highest BCUT2D eigenvalue weighted by atomic mass is 35.5. The number of nitrogens with one attached hydrogen (secondary N) is 1. The van der Waals surface area contributed by atoms with Crippen LogP contribution in [0.2, 0.25) is 0 Å². The Balaban J connectivity index is 0.00000182. The number of hydrogen-bond donors (Lipinski definition) is 2. The van der Waals surface area contributed by atoms with Gasteiger partial charge in [0.15, 0.2) is 0 Å².